The van der Waals surface area contributed by atoms with Gasteiger partial charge in [-0.1, -0.05) is 12.1 Å². The van der Waals surface area contributed by atoms with Crippen molar-refractivity contribution in [2.24, 2.45) is 22.9 Å². The van der Waals surface area contributed by atoms with Crippen molar-refractivity contribution in [1.82, 2.24) is 0 Å². The van der Waals surface area contributed by atoms with E-state index < -0.39 is 66.5 Å². The molecular formula is C33H34I4N4O11. The van der Waals surface area contributed by atoms with Gasteiger partial charge >= 0.3 is 29.8 Å². The minimum Gasteiger partial charge on any atom is -0.508 e. The molecule has 3 rings (SSSR count). The third-order valence-electron chi connectivity index (χ3n) is 7.18. The number of hydrogen-bond acceptors (Lipinski definition) is 14. The maximum Gasteiger partial charge on any atom is 0.334 e. The van der Waals surface area contributed by atoms with Crippen molar-refractivity contribution in [2.75, 3.05) is 0 Å². The maximum atomic E-state index is 12.8. The Bertz CT molecular complexity index is 1770. The quantitative estimate of drug-likeness (QED) is 0.0519. The van der Waals surface area contributed by atoms with Crippen LogP contribution in [-0.2, 0) is 46.3 Å². The highest BCUT2D eigenvalue weighted by Gasteiger charge is 2.30. The Labute approximate surface area is 352 Å². The monoisotopic (exact) mass is 1170 g/mol. The minimum absolute atomic E-state index is 0.0740. The van der Waals surface area contributed by atoms with Crippen LogP contribution in [0.25, 0.3) is 0 Å². The number of hydrogen-bond donors (Lipinski definition) is 6. The Morgan fingerprint density at radius 2 is 1.23 bits per heavy atom. The van der Waals surface area contributed by atoms with E-state index in [4.69, 9.17) is 42.3 Å². The van der Waals surface area contributed by atoms with E-state index in [2.05, 4.69) is 49.9 Å². The summed E-state index contributed by atoms with van der Waals surface area (Å²) in [5, 5.41) is 18.3. The topological polar surface area (TPSA) is 267 Å². The van der Waals surface area contributed by atoms with Gasteiger partial charge in [-0.2, -0.15) is 0 Å². The number of esters is 4. The summed E-state index contributed by atoms with van der Waals surface area (Å²) in [4.78, 5) is 60.4. The van der Waals surface area contributed by atoms with Gasteiger partial charge < -0.3 is 52.1 Å². The van der Waals surface area contributed by atoms with Crippen LogP contribution in [0.2, 0.25) is 0 Å². The summed E-state index contributed by atoms with van der Waals surface area (Å²) in [5.74, 6) is -3.44. The highest BCUT2D eigenvalue weighted by Crippen LogP contribution is 2.37. The van der Waals surface area contributed by atoms with Crippen LogP contribution in [0.1, 0.15) is 30.9 Å². The Morgan fingerprint density at radius 1 is 0.712 bits per heavy atom. The van der Waals surface area contributed by atoms with Crippen molar-refractivity contribution >= 4 is 120 Å². The first kappa shape index (κ1) is 44.0. The Balaban J connectivity index is 1.58. The molecule has 3 aromatic carbocycles. The van der Waals surface area contributed by atoms with Crippen LogP contribution in [0.15, 0.2) is 48.5 Å². The molecule has 0 bridgehead atoms. The van der Waals surface area contributed by atoms with Gasteiger partial charge in [0, 0.05) is 6.42 Å². The molecule has 15 nitrogen and oxygen atoms in total. The summed E-state index contributed by atoms with van der Waals surface area (Å²) < 4.78 is 24.4. The fourth-order valence-electron chi connectivity index (χ4n) is 4.29. The second-order valence-electron chi connectivity index (χ2n) is 11.4. The number of carboxylic acid groups (broad SMARTS) is 1. The second-order valence-corrected chi connectivity index (χ2v) is 16.0. The fraction of sp³-hybridized carbons (Fsp3) is 0.303. The zero-order chi connectivity index (χ0) is 38.9. The summed E-state index contributed by atoms with van der Waals surface area (Å²) >= 11 is 8.29. The zero-order valence-corrected chi connectivity index (χ0v) is 35.9. The SMILES string of the molecule is C[C@@H](OC(=O)[C@@H](N)Cc1cc(I)c(Oc2cc(I)c(OC(=O)[C@@H](N)Cc3ccc(O)cc3)c(I)c2)c(I)c1)[C@H](N)C(=O)OC(=O)CC[C@H](N)C(=O)O. The van der Waals surface area contributed by atoms with E-state index in [0.717, 1.165) is 5.56 Å². The number of rotatable bonds is 16. The summed E-state index contributed by atoms with van der Waals surface area (Å²) in [6.45, 7) is 1.34. The molecule has 0 aliphatic heterocycles. The predicted molar refractivity (Wildman–Crippen MR) is 220 cm³/mol. The summed E-state index contributed by atoms with van der Waals surface area (Å²) in [5.41, 5.74) is 24.8. The van der Waals surface area contributed by atoms with Crippen molar-refractivity contribution in [3.63, 3.8) is 0 Å². The number of halogens is 4. The minimum atomic E-state index is -1.51. The maximum absolute atomic E-state index is 12.8. The number of aliphatic carboxylic acids is 1. The Kier molecular flexibility index (Phi) is 17.2. The van der Waals surface area contributed by atoms with Crippen molar-refractivity contribution in [1.29, 1.82) is 0 Å². The number of ether oxygens (including phenoxy) is 4. The van der Waals surface area contributed by atoms with Crippen LogP contribution >= 0.6 is 90.4 Å². The fourth-order valence-corrected chi connectivity index (χ4v) is 8.33. The van der Waals surface area contributed by atoms with E-state index in [1.54, 1.807) is 36.4 Å². The highest BCUT2D eigenvalue weighted by atomic mass is 127. The third kappa shape index (κ3) is 13.2. The zero-order valence-electron chi connectivity index (χ0n) is 27.2. The van der Waals surface area contributed by atoms with E-state index >= 15 is 0 Å². The molecule has 10 N–H and O–H groups in total. The summed E-state index contributed by atoms with van der Waals surface area (Å²) in [6, 6.07) is 8.57. The normalized spacial score (nSPS) is 13.9. The van der Waals surface area contributed by atoms with E-state index in [-0.39, 0.29) is 25.0 Å². The molecule has 0 amide bonds. The molecule has 0 spiro atoms. The van der Waals surface area contributed by atoms with E-state index in [1.807, 2.05) is 45.2 Å². The molecule has 0 saturated heterocycles. The molecule has 0 aromatic heterocycles. The van der Waals surface area contributed by atoms with Gasteiger partial charge in [0.05, 0.1) is 14.3 Å². The standard InChI is InChI=1S/C33H34I4N4O11/c1-14(27(41)33(48)51-26(43)7-6-23(38)30(44)45)49-31(46)25(40)11-16-8-19(34)28(20(35)9-16)50-18-12-21(36)29(22(37)13-18)52-32(47)24(39)10-15-2-4-17(42)5-3-15/h2-5,8-9,12-14,23-25,27,42H,6-7,10-11,38-41H2,1H3,(H,44,45)/t14-,23+,24+,25+,27+/m1/s1. The van der Waals surface area contributed by atoms with Gasteiger partial charge in [0.25, 0.3) is 0 Å². The van der Waals surface area contributed by atoms with Crippen molar-refractivity contribution in [2.45, 2.75) is 62.9 Å². The van der Waals surface area contributed by atoms with E-state index in [1.165, 1.54) is 19.1 Å². The Morgan fingerprint density at radius 3 is 1.79 bits per heavy atom. The van der Waals surface area contributed by atoms with Gasteiger partial charge in [-0.05, 0) is 164 Å². The van der Waals surface area contributed by atoms with Gasteiger partial charge in [0.1, 0.15) is 41.8 Å². The van der Waals surface area contributed by atoms with E-state index in [0.29, 0.717) is 37.1 Å². The highest BCUT2D eigenvalue weighted by molar-refractivity contribution is 14.1. The third-order valence-corrected chi connectivity index (χ3v) is 10.4. The van der Waals surface area contributed by atoms with Crippen molar-refractivity contribution in [3.8, 4) is 23.0 Å². The molecule has 5 atom stereocenters. The van der Waals surface area contributed by atoms with Crippen LogP contribution in [0.4, 0.5) is 0 Å². The van der Waals surface area contributed by atoms with Crippen LogP contribution < -0.4 is 32.4 Å². The van der Waals surface area contributed by atoms with Crippen molar-refractivity contribution in [3.05, 3.63) is 73.9 Å². The van der Waals surface area contributed by atoms with E-state index in [9.17, 15) is 29.1 Å². The first-order chi connectivity index (χ1) is 24.4. The van der Waals surface area contributed by atoms with Crippen molar-refractivity contribution < 1.29 is 53.1 Å². The van der Waals surface area contributed by atoms with Crippen LogP contribution in [0, 0.1) is 14.3 Å². The number of phenols is 1. The molecule has 0 fully saturated rings. The molecule has 0 aliphatic rings. The first-order valence-corrected chi connectivity index (χ1v) is 19.5. The van der Waals surface area contributed by atoms with Crippen LogP contribution in [-0.4, -0.2) is 70.3 Å². The molecule has 0 heterocycles. The van der Waals surface area contributed by atoms with Gasteiger partial charge in [-0.3, -0.25) is 14.4 Å². The number of benzene rings is 3. The number of phenolic OH excluding ortho intramolecular Hbond substituents is 1. The van der Waals surface area contributed by atoms with Crippen LogP contribution in [0.3, 0.4) is 0 Å². The van der Waals surface area contributed by atoms with Gasteiger partial charge in [-0.15, -0.1) is 0 Å². The molecule has 0 radical (unpaired) electrons. The van der Waals surface area contributed by atoms with Gasteiger partial charge in [-0.25, -0.2) is 9.59 Å². The Hall–Kier alpha value is -2.43. The number of carbonyl (C=O) groups is 5. The number of aromatic hydroxyl groups is 1. The largest absolute Gasteiger partial charge is 0.508 e. The lowest BCUT2D eigenvalue weighted by molar-refractivity contribution is -0.164. The molecule has 3 aromatic rings. The number of carboxylic acids is 1. The first-order valence-electron chi connectivity index (χ1n) is 15.2. The van der Waals surface area contributed by atoms with Gasteiger partial charge in [0.2, 0.25) is 0 Å². The smallest absolute Gasteiger partial charge is 0.334 e. The molecule has 0 unspecified atom stereocenters. The molecule has 0 saturated carbocycles. The molecule has 52 heavy (non-hydrogen) atoms. The molecule has 280 valence electrons. The lowest BCUT2D eigenvalue weighted by Gasteiger charge is -2.21. The van der Waals surface area contributed by atoms with Gasteiger partial charge in [0.15, 0.2) is 11.5 Å². The number of nitrogens with two attached hydrogens (primary N) is 4. The predicted octanol–water partition coefficient (Wildman–Crippen LogP) is 3.47. The molecular weight excluding hydrogens is 1140 g/mol. The average Bonchev–Trinajstić information content (AvgIpc) is 3.07. The molecule has 19 heteroatoms. The lowest BCUT2D eigenvalue weighted by atomic mass is 10.1. The average molecular weight is 1170 g/mol. The lowest BCUT2D eigenvalue weighted by Crippen LogP contribution is -2.47. The summed E-state index contributed by atoms with van der Waals surface area (Å²) in [7, 11) is 0. The number of carbonyl (C=O) groups excluding carboxylic acids is 4. The second kappa shape index (κ2) is 20.3. The van der Waals surface area contributed by atoms with Crippen LogP contribution in [0.5, 0.6) is 23.0 Å². The molecule has 0 aliphatic carbocycles. The summed E-state index contributed by atoms with van der Waals surface area (Å²) in [6.07, 6.45) is -1.55.